The molecule has 0 fully saturated rings. The molecule has 1 N–H and O–H groups in total. The lowest BCUT2D eigenvalue weighted by molar-refractivity contribution is -0.0883. The molecule has 0 radical (unpaired) electrons. The van der Waals surface area contributed by atoms with Gasteiger partial charge in [0.05, 0.1) is 0 Å². The van der Waals surface area contributed by atoms with Crippen LogP contribution in [0.2, 0.25) is 0 Å². The summed E-state index contributed by atoms with van der Waals surface area (Å²) in [5.41, 5.74) is 0. The zero-order valence-electron chi connectivity index (χ0n) is 7.43. The number of carbonyl (C=O) groups excluding carboxylic acids is 1. The fourth-order valence-corrected chi connectivity index (χ4v) is 0.565. The average molecular weight is 189 g/mol. The molecule has 0 bridgehead atoms. The Hall–Kier alpha value is -1.50. The van der Waals surface area contributed by atoms with E-state index in [1.54, 1.807) is 13.8 Å². The minimum absolute atomic E-state index is 0.505. The third-order valence-corrected chi connectivity index (χ3v) is 1.13. The van der Waals surface area contributed by atoms with Crippen LogP contribution in [0.5, 0.6) is 0 Å². The number of hydroxylamine groups is 2. The van der Waals surface area contributed by atoms with E-state index in [-0.39, 0.29) is 0 Å². The molecule has 0 aromatic carbocycles. The van der Waals surface area contributed by atoms with Crippen molar-refractivity contribution in [3.8, 4) is 0 Å². The van der Waals surface area contributed by atoms with Crippen molar-refractivity contribution < 1.29 is 19.5 Å². The molecule has 7 heteroatoms. The van der Waals surface area contributed by atoms with Crippen LogP contribution in [-0.2, 0) is 4.84 Å². The Morgan fingerprint density at radius 1 is 1.31 bits per heavy atom. The van der Waals surface area contributed by atoms with E-state index in [1.807, 2.05) is 0 Å². The molecule has 0 spiro atoms. The molecule has 0 atom stereocenters. The Labute approximate surface area is 75.0 Å². The molecule has 0 aliphatic heterocycles. The lowest BCUT2D eigenvalue weighted by Crippen LogP contribution is -2.25. The Bertz CT molecular complexity index is 212. The topological polar surface area (TPSA) is 91.6 Å². The molecule has 0 unspecified atom stereocenters. The Morgan fingerprint density at radius 2 is 1.85 bits per heavy atom. The van der Waals surface area contributed by atoms with Gasteiger partial charge >= 0.3 is 12.2 Å². The summed E-state index contributed by atoms with van der Waals surface area (Å²) in [6, 6.07) is 0. The van der Waals surface area contributed by atoms with Crippen LogP contribution in [0.15, 0.2) is 10.2 Å². The number of carboxylic acid groups (broad SMARTS) is 1. The minimum atomic E-state index is -1.53. The molecule has 0 saturated carbocycles. The standard InChI is InChI=1S/C6H11N3O4/c1-3-9(4-2)13-6(12)8-7-5(10)11/h3-4H2,1-2H3,(H,10,11). The van der Waals surface area contributed by atoms with Crippen molar-refractivity contribution in [3.63, 3.8) is 0 Å². The highest BCUT2D eigenvalue weighted by Gasteiger charge is 2.06. The van der Waals surface area contributed by atoms with E-state index in [1.165, 1.54) is 5.06 Å². The van der Waals surface area contributed by atoms with E-state index in [4.69, 9.17) is 5.11 Å². The quantitative estimate of drug-likeness (QED) is 0.536. The van der Waals surface area contributed by atoms with E-state index >= 15 is 0 Å². The smallest absolute Gasteiger partial charge is 0.462 e. The summed E-state index contributed by atoms with van der Waals surface area (Å²) in [7, 11) is 0. The monoisotopic (exact) mass is 189 g/mol. The normalized spacial score (nSPS) is 10.7. The van der Waals surface area contributed by atoms with E-state index in [2.05, 4.69) is 15.1 Å². The second-order valence-corrected chi connectivity index (χ2v) is 1.95. The molecule has 7 nitrogen and oxygen atoms in total. The first-order valence-electron chi connectivity index (χ1n) is 3.71. The van der Waals surface area contributed by atoms with Crippen molar-refractivity contribution in [2.24, 2.45) is 10.2 Å². The van der Waals surface area contributed by atoms with Crippen molar-refractivity contribution in [1.29, 1.82) is 0 Å². The Balaban J connectivity index is 3.92. The molecule has 13 heavy (non-hydrogen) atoms. The molecule has 0 aromatic heterocycles. The zero-order valence-corrected chi connectivity index (χ0v) is 7.43. The van der Waals surface area contributed by atoms with Crippen LogP contribution in [0.25, 0.3) is 0 Å². The second kappa shape index (κ2) is 6.06. The highest BCUT2D eigenvalue weighted by Crippen LogP contribution is 1.93. The molecule has 0 rings (SSSR count). The third-order valence-electron chi connectivity index (χ3n) is 1.13. The lowest BCUT2D eigenvalue weighted by atomic mass is 10.6. The van der Waals surface area contributed by atoms with Crippen molar-refractivity contribution in [3.05, 3.63) is 0 Å². The van der Waals surface area contributed by atoms with Gasteiger partial charge in [-0.2, -0.15) is 0 Å². The summed E-state index contributed by atoms with van der Waals surface area (Å²) in [5.74, 6) is 0. The summed E-state index contributed by atoms with van der Waals surface area (Å²) >= 11 is 0. The van der Waals surface area contributed by atoms with Crippen molar-refractivity contribution in [2.45, 2.75) is 13.8 Å². The van der Waals surface area contributed by atoms with Crippen LogP contribution >= 0.6 is 0 Å². The van der Waals surface area contributed by atoms with Gasteiger partial charge in [-0.3, -0.25) is 0 Å². The maximum absolute atomic E-state index is 10.7. The van der Waals surface area contributed by atoms with Crippen molar-refractivity contribution in [2.75, 3.05) is 13.1 Å². The summed E-state index contributed by atoms with van der Waals surface area (Å²) < 4.78 is 0. The predicted octanol–water partition coefficient (Wildman–Crippen LogP) is 1.51. The Kier molecular flexibility index (Phi) is 5.37. The van der Waals surface area contributed by atoms with Crippen LogP contribution in [0.4, 0.5) is 9.59 Å². The van der Waals surface area contributed by atoms with Crippen LogP contribution in [0, 0.1) is 0 Å². The van der Waals surface area contributed by atoms with Crippen LogP contribution < -0.4 is 0 Å². The average Bonchev–Trinajstić information content (AvgIpc) is 2.10. The molecule has 0 heterocycles. The number of rotatable bonds is 3. The van der Waals surface area contributed by atoms with Gasteiger partial charge in [0.1, 0.15) is 0 Å². The van der Waals surface area contributed by atoms with Gasteiger partial charge in [0, 0.05) is 13.1 Å². The largest absolute Gasteiger partial charge is 0.471 e. The molecule has 0 saturated heterocycles. The van der Waals surface area contributed by atoms with Crippen molar-refractivity contribution >= 4 is 12.2 Å². The molecule has 0 aromatic rings. The zero-order chi connectivity index (χ0) is 10.3. The number of hydrogen-bond acceptors (Lipinski definition) is 4. The highest BCUT2D eigenvalue weighted by molar-refractivity contribution is 5.71. The van der Waals surface area contributed by atoms with Gasteiger partial charge in [0.25, 0.3) is 0 Å². The fraction of sp³-hybridized carbons (Fsp3) is 0.667. The number of azo groups is 1. The van der Waals surface area contributed by atoms with Crippen LogP contribution in [0.3, 0.4) is 0 Å². The molecule has 0 aliphatic rings. The van der Waals surface area contributed by atoms with Crippen LogP contribution in [-0.4, -0.2) is 35.4 Å². The second-order valence-electron chi connectivity index (χ2n) is 1.95. The van der Waals surface area contributed by atoms with Gasteiger partial charge in [-0.25, -0.2) is 9.59 Å². The van der Waals surface area contributed by atoms with Gasteiger partial charge < -0.3 is 9.94 Å². The SMILES string of the molecule is CCN(CC)OC(=O)N=NC(=O)O. The maximum atomic E-state index is 10.7. The highest BCUT2D eigenvalue weighted by atomic mass is 16.7. The van der Waals surface area contributed by atoms with Gasteiger partial charge in [-0.1, -0.05) is 10.2 Å². The van der Waals surface area contributed by atoms with Gasteiger partial charge in [-0.15, -0.1) is 5.06 Å². The minimum Gasteiger partial charge on any atom is -0.462 e. The number of amides is 2. The lowest BCUT2D eigenvalue weighted by Gasteiger charge is -2.14. The summed E-state index contributed by atoms with van der Waals surface area (Å²) in [6.45, 7) is 4.58. The van der Waals surface area contributed by atoms with E-state index in [0.29, 0.717) is 13.1 Å². The predicted molar refractivity (Wildman–Crippen MR) is 42.3 cm³/mol. The fourth-order valence-electron chi connectivity index (χ4n) is 0.565. The van der Waals surface area contributed by atoms with E-state index in [9.17, 15) is 9.59 Å². The maximum Gasteiger partial charge on any atom is 0.471 e. The molecular formula is C6H11N3O4. The number of carbonyl (C=O) groups is 2. The number of nitrogens with zero attached hydrogens (tertiary/aromatic N) is 3. The first kappa shape index (κ1) is 11.5. The van der Waals surface area contributed by atoms with E-state index in [0.717, 1.165) is 0 Å². The van der Waals surface area contributed by atoms with Crippen molar-refractivity contribution in [1.82, 2.24) is 5.06 Å². The number of hydrogen-bond donors (Lipinski definition) is 1. The van der Waals surface area contributed by atoms with Gasteiger partial charge in [0.2, 0.25) is 0 Å². The first-order valence-corrected chi connectivity index (χ1v) is 3.71. The van der Waals surface area contributed by atoms with Gasteiger partial charge in [-0.05, 0) is 13.8 Å². The van der Waals surface area contributed by atoms with Crippen LogP contribution in [0.1, 0.15) is 13.8 Å². The molecule has 0 aliphatic carbocycles. The summed E-state index contributed by atoms with van der Waals surface area (Å²) in [5, 5.41) is 14.7. The first-order chi connectivity index (χ1) is 6.10. The third kappa shape index (κ3) is 5.74. The Morgan fingerprint density at radius 3 is 2.23 bits per heavy atom. The summed E-state index contributed by atoms with van der Waals surface area (Å²) in [4.78, 5) is 25.1. The molecule has 74 valence electrons. The van der Waals surface area contributed by atoms with Gasteiger partial charge in [0.15, 0.2) is 0 Å². The molecule has 2 amide bonds. The molecular weight excluding hydrogens is 178 g/mol. The van der Waals surface area contributed by atoms with E-state index < -0.39 is 12.2 Å². The summed E-state index contributed by atoms with van der Waals surface area (Å²) in [6.07, 6.45) is -2.57.